The van der Waals surface area contributed by atoms with Gasteiger partial charge in [0.25, 0.3) is 0 Å². The van der Waals surface area contributed by atoms with Crippen molar-refractivity contribution in [1.29, 1.82) is 0 Å². The number of aromatic nitrogens is 1. The number of nitrogens with two attached hydrogens (primary N) is 1. The second kappa shape index (κ2) is 12.3. The monoisotopic (exact) mass is 498 g/mol. The maximum Gasteiger partial charge on any atom is 0.323 e. The number of esters is 2. The van der Waals surface area contributed by atoms with Crippen molar-refractivity contribution in [1.82, 2.24) is 4.98 Å². The number of ether oxygens (including phenoxy) is 2. The van der Waals surface area contributed by atoms with Crippen LogP contribution in [0.4, 0.5) is 0 Å². The number of benzene rings is 2. The van der Waals surface area contributed by atoms with Crippen LogP contribution in [0.5, 0.6) is 5.75 Å². The van der Waals surface area contributed by atoms with Crippen LogP contribution >= 0.6 is 21.6 Å². The Bertz CT molecular complexity index is 1100. The maximum atomic E-state index is 12.4. The van der Waals surface area contributed by atoms with Crippen LogP contribution in [0.1, 0.15) is 43.2 Å². The van der Waals surface area contributed by atoms with Crippen LogP contribution in [0.25, 0.3) is 10.9 Å². The second-order valence-corrected chi connectivity index (χ2v) is 11.3. The summed E-state index contributed by atoms with van der Waals surface area (Å²) in [7, 11) is 3.92. The second-order valence-electron chi connectivity index (χ2n) is 8.47. The van der Waals surface area contributed by atoms with Crippen LogP contribution in [0.15, 0.2) is 54.7 Å². The van der Waals surface area contributed by atoms with Crippen molar-refractivity contribution in [2.75, 3.05) is 5.75 Å². The molecule has 3 aromatic rings. The number of hydrogen-bond acceptors (Lipinski definition) is 7. The number of unbranched alkanes of at least 4 members (excludes halogenated alkanes) is 1. The predicted octanol–water partition coefficient (Wildman–Crippen LogP) is 5.40. The lowest BCUT2D eigenvalue weighted by Crippen LogP contribution is -2.34. The fraction of sp³-hybridized carbons (Fsp3) is 0.385. The van der Waals surface area contributed by atoms with E-state index in [0.29, 0.717) is 18.6 Å². The van der Waals surface area contributed by atoms with Crippen LogP contribution in [-0.2, 0) is 27.4 Å². The summed E-state index contributed by atoms with van der Waals surface area (Å²) in [5, 5.41) is 1.62. The fourth-order valence-electron chi connectivity index (χ4n) is 3.93. The average Bonchev–Trinajstić information content (AvgIpc) is 3.51. The lowest BCUT2D eigenvalue weighted by molar-refractivity contribution is -0.146. The molecule has 0 saturated carbocycles. The van der Waals surface area contributed by atoms with E-state index in [1.165, 1.54) is 12.2 Å². The van der Waals surface area contributed by atoms with Crippen molar-refractivity contribution < 1.29 is 19.1 Å². The normalized spacial score (nSPS) is 16.4. The van der Waals surface area contributed by atoms with Crippen molar-refractivity contribution >= 4 is 44.4 Å². The third-order valence-electron chi connectivity index (χ3n) is 5.82. The molecule has 4 rings (SSSR count). The summed E-state index contributed by atoms with van der Waals surface area (Å²) in [4.78, 5) is 27.9. The lowest BCUT2D eigenvalue weighted by Gasteiger charge is -2.11. The molecule has 8 heteroatoms. The summed E-state index contributed by atoms with van der Waals surface area (Å²) in [6.45, 7) is 0.194. The molecule has 1 aliphatic rings. The first-order valence-electron chi connectivity index (χ1n) is 11.6. The SMILES string of the molecule is N[C@@H](Cc1c[nH]c2ccc(OC(=O)CCCCC3CCSS3)cc12)C(=O)OCc1ccccc1. The number of H-pyrrole nitrogens is 1. The highest BCUT2D eigenvalue weighted by atomic mass is 33.1. The molecular formula is C26H30N2O4S2. The van der Waals surface area contributed by atoms with Crippen molar-refractivity contribution in [2.45, 2.75) is 56.4 Å². The summed E-state index contributed by atoms with van der Waals surface area (Å²) in [6, 6.07) is 14.2. The maximum absolute atomic E-state index is 12.4. The molecule has 1 saturated heterocycles. The number of carbonyl (C=O) groups is 2. The van der Waals surface area contributed by atoms with Gasteiger partial charge in [-0.2, -0.15) is 0 Å². The van der Waals surface area contributed by atoms with E-state index in [4.69, 9.17) is 15.2 Å². The van der Waals surface area contributed by atoms with Gasteiger partial charge in [-0.05, 0) is 48.6 Å². The largest absolute Gasteiger partial charge is 0.460 e. The van der Waals surface area contributed by atoms with Crippen LogP contribution in [0.2, 0.25) is 0 Å². The molecule has 180 valence electrons. The van der Waals surface area contributed by atoms with E-state index in [1.54, 1.807) is 6.07 Å². The number of hydrogen-bond donors (Lipinski definition) is 2. The van der Waals surface area contributed by atoms with E-state index in [2.05, 4.69) is 4.98 Å². The number of nitrogens with one attached hydrogen (secondary N) is 1. The molecular weight excluding hydrogens is 468 g/mol. The zero-order valence-corrected chi connectivity index (χ0v) is 20.7. The highest BCUT2D eigenvalue weighted by Gasteiger charge is 2.19. The van der Waals surface area contributed by atoms with E-state index < -0.39 is 12.0 Å². The Morgan fingerprint density at radius 1 is 1.15 bits per heavy atom. The first kappa shape index (κ1) is 24.7. The van der Waals surface area contributed by atoms with Gasteiger partial charge < -0.3 is 20.2 Å². The summed E-state index contributed by atoms with van der Waals surface area (Å²) in [6.07, 6.45) is 6.90. The van der Waals surface area contributed by atoms with Crippen LogP contribution in [-0.4, -0.2) is 34.0 Å². The minimum absolute atomic E-state index is 0.194. The van der Waals surface area contributed by atoms with E-state index >= 15 is 0 Å². The Kier molecular flexibility index (Phi) is 8.96. The smallest absolute Gasteiger partial charge is 0.323 e. The summed E-state index contributed by atoms with van der Waals surface area (Å²) in [5.41, 5.74) is 8.81. The first-order valence-corrected chi connectivity index (χ1v) is 14.0. The number of aromatic amines is 1. The minimum atomic E-state index is -0.787. The molecule has 1 aromatic heterocycles. The van der Waals surface area contributed by atoms with E-state index in [1.807, 2.05) is 70.2 Å². The zero-order chi connectivity index (χ0) is 23.8. The Morgan fingerprint density at radius 2 is 2.00 bits per heavy atom. The van der Waals surface area contributed by atoms with Gasteiger partial charge in [-0.15, -0.1) is 0 Å². The third-order valence-corrected chi connectivity index (χ3v) is 8.83. The molecule has 0 radical (unpaired) electrons. The van der Waals surface area contributed by atoms with Crippen molar-refractivity contribution in [3.05, 3.63) is 65.9 Å². The van der Waals surface area contributed by atoms with Gasteiger partial charge in [0.2, 0.25) is 0 Å². The Hall–Kier alpha value is -2.42. The van der Waals surface area contributed by atoms with Crippen molar-refractivity contribution in [2.24, 2.45) is 5.73 Å². The van der Waals surface area contributed by atoms with E-state index in [-0.39, 0.29) is 12.6 Å². The molecule has 2 atom stereocenters. The Balaban J connectivity index is 1.28. The third kappa shape index (κ3) is 7.04. The standard InChI is InChI=1S/C26H30N2O4S2/c27-23(26(30)31-17-18-6-2-1-3-7-18)14-19-16-28-24-11-10-20(15-22(19)24)32-25(29)9-5-4-8-21-12-13-33-34-21/h1-3,6-7,10-11,15-16,21,23,28H,4-5,8-9,12-14,17,27H2/t21?,23-/m0/s1. The molecule has 6 nitrogen and oxygen atoms in total. The average molecular weight is 499 g/mol. The molecule has 0 aliphatic carbocycles. The molecule has 0 spiro atoms. The quantitative estimate of drug-likeness (QED) is 0.158. The van der Waals surface area contributed by atoms with Gasteiger partial charge >= 0.3 is 11.9 Å². The van der Waals surface area contributed by atoms with Gasteiger partial charge in [0, 0.05) is 40.9 Å². The summed E-state index contributed by atoms with van der Waals surface area (Å²) >= 11 is 0. The predicted molar refractivity (Wildman–Crippen MR) is 139 cm³/mol. The molecule has 1 aliphatic heterocycles. The van der Waals surface area contributed by atoms with Crippen molar-refractivity contribution in [3.8, 4) is 5.75 Å². The molecule has 2 aromatic carbocycles. The fourth-order valence-corrected chi connectivity index (χ4v) is 6.96. The van der Waals surface area contributed by atoms with Crippen molar-refractivity contribution in [3.63, 3.8) is 0 Å². The van der Waals surface area contributed by atoms with Gasteiger partial charge in [0.1, 0.15) is 18.4 Å². The minimum Gasteiger partial charge on any atom is -0.460 e. The molecule has 34 heavy (non-hydrogen) atoms. The zero-order valence-electron chi connectivity index (χ0n) is 19.0. The summed E-state index contributed by atoms with van der Waals surface area (Å²) < 4.78 is 10.9. The van der Waals surface area contributed by atoms with E-state index in [9.17, 15) is 9.59 Å². The summed E-state index contributed by atoms with van der Waals surface area (Å²) in [5.74, 6) is 1.07. The Morgan fingerprint density at radius 3 is 2.79 bits per heavy atom. The highest BCUT2D eigenvalue weighted by molar-refractivity contribution is 8.77. The van der Waals surface area contributed by atoms with Gasteiger partial charge in [-0.25, -0.2) is 0 Å². The highest BCUT2D eigenvalue weighted by Crippen LogP contribution is 2.39. The van der Waals surface area contributed by atoms with Gasteiger partial charge in [-0.3, -0.25) is 9.59 Å². The first-order chi connectivity index (χ1) is 16.6. The van der Waals surface area contributed by atoms with Crippen LogP contribution in [0, 0.1) is 0 Å². The number of rotatable bonds is 11. The lowest BCUT2D eigenvalue weighted by atomic mass is 10.1. The molecule has 2 heterocycles. The van der Waals surface area contributed by atoms with Gasteiger partial charge in [-0.1, -0.05) is 58.3 Å². The topological polar surface area (TPSA) is 94.4 Å². The van der Waals surface area contributed by atoms with Crippen LogP contribution in [0.3, 0.4) is 0 Å². The van der Waals surface area contributed by atoms with Gasteiger partial charge in [0.15, 0.2) is 0 Å². The molecule has 0 bridgehead atoms. The molecule has 1 fully saturated rings. The Labute approximate surface area is 207 Å². The molecule has 3 N–H and O–H groups in total. The van der Waals surface area contributed by atoms with Gasteiger partial charge in [0.05, 0.1) is 0 Å². The van der Waals surface area contributed by atoms with E-state index in [0.717, 1.165) is 46.5 Å². The molecule has 0 amide bonds. The molecule has 1 unspecified atom stereocenters. The van der Waals surface area contributed by atoms with Crippen LogP contribution < -0.4 is 10.5 Å². The number of fused-ring (bicyclic) bond motifs is 1. The number of carbonyl (C=O) groups excluding carboxylic acids is 2.